The molecule has 0 aliphatic carbocycles. The van der Waals surface area contributed by atoms with E-state index in [1.54, 1.807) is 6.20 Å². The molecule has 2 rings (SSSR count). The van der Waals surface area contributed by atoms with Gasteiger partial charge in [0.25, 0.3) is 0 Å². The van der Waals surface area contributed by atoms with Crippen molar-refractivity contribution in [2.45, 2.75) is 12.5 Å². The molecule has 0 fully saturated rings. The van der Waals surface area contributed by atoms with Crippen LogP contribution >= 0.6 is 15.9 Å². The van der Waals surface area contributed by atoms with Gasteiger partial charge in [-0.2, -0.15) is 0 Å². The van der Waals surface area contributed by atoms with E-state index in [0.717, 1.165) is 20.9 Å². The van der Waals surface area contributed by atoms with Gasteiger partial charge in [0.15, 0.2) is 0 Å². The standard InChI is InChI=1S/C12H11BrN2O2/c13-9-4-3-7(6-10(14)12(16)17)11-8(9)2-1-5-15-11/h1-5,10H,6,14H2,(H,16,17)/t10-/m1/s1. The second-order valence-corrected chi connectivity index (χ2v) is 4.61. The van der Waals surface area contributed by atoms with E-state index < -0.39 is 12.0 Å². The minimum Gasteiger partial charge on any atom is -0.480 e. The molecule has 1 heterocycles. The lowest BCUT2D eigenvalue weighted by Crippen LogP contribution is -2.32. The normalized spacial score (nSPS) is 12.6. The summed E-state index contributed by atoms with van der Waals surface area (Å²) in [6.45, 7) is 0. The molecule has 0 saturated carbocycles. The molecule has 0 unspecified atom stereocenters. The van der Waals surface area contributed by atoms with Gasteiger partial charge in [-0.15, -0.1) is 0 Å². The minimum absolute atomic E-state index is 0.274. The Kier molecular flexibility index (Phi) is 3.40. The number of fused-ring (bicyclic) bond motifs is 1. The number of benzene rings is 1. The second kappa shape index (κ2) is 4.81. The van der Waals surface area contributed by atoms with Crippen molar-refractivity contribution in [3.8, 4) is 0 Å². The third kappa shape index (κ3) is 2.45. The van der Waals surface area contributed by atoms with Crippen molar-refractivity contribution in [2.75, 3.05) is 0 Å². The lowest BCUT2D eigenvalue weighted by Gasteiger charge is -2.09. The lowest BCUT2D eigenvalue weighted by molar-refractivity contribution is -0.138. The van der Waals surface area contributed by atoms with Crippen LogP contribution in [0, 0.1) is 0 Å². The summed E-state index contributed by atoms with van der Waals surface area (Å²) in [5.74, 6) is -1.00. The first kappa shape index (κ1) is 12.0. The third-order valence-electron chi connectivity index (χ3n) is 2.56. The molecule has 1 aromatic carbocycles. The molecule has 0 aliphatic heterocycles. The molecule has 0 spiro atoms. The van der Waals surface area contributed by atoms with Gasteiger partial charge in [0.2, 0.25) is 0 Å². The number of aliphatic carboxylic acids is 1. The zero-order valence-corrected chi connectivity index (χ0v) is 10.5. The molecule has 88 valence electrons. The number of carboxylic acids is 1. The van der Waals surface area contributed by atoms with Crippen LogP contribution in [0.3, 0.4) is 0 Å². The number of hydrogen-bond acceptors (Lipinski definition) is 3. The molecule has 2 aromatic rings. The van der Waals surface area contributed by atoms with Gasteiger partial charge in [0, 0.05) is 22.5 Å². The Hall–Kier alpha value is -1.46. The highest BCUT2D eigenvalue weighted by Crippen LogP contribution is 2.25. The molecule has 5 heteroatoms. The predicted octanol–water partition coefficient (Wildman–Crippen LogP) is 1.95. The summed E-state index contributed by atoms with van der Waals surface area (Å²) in [5, 5.41) is 9.78. The molecule has 0 amide bonds. The van der Waals surface area contributed by atoms with Crippen molar-refractivity contribution in [3.63, 3.8) is 0 Å². The topological polar surface area (TPSA) is 76.2 Å². The highest BCUT2D eigenvalue weighted by Gasteiger charge is 2.14. The van der Waals surface area contributed by atoms with Gasteiger partial charge in [-0.05, 0) is 17.7 Å². The smallest absolute Gasteiger partial charge is 0.320 e. The predicted molar refractivity (Wildman–Crippen MR) is 68.8 cm³/mol. The number of nitrogens with two attached hydrogens (primary N) is 1. The maximum atomic E-state index is 10.8. The largest absolute Gasteiger partial charge is 0.480 e. The lowest BCUT2D eigenvalue weighted by atomic mass is 10.0. The molecule has 0 bridgehead atoms. The van der Waals surface area contributed by atoms with Crippen molar-refractivity contribution in [1.29, 1.82) is 0 Å². The van der Waals surface area contributed by atoms with E-state index in [-0.39, 0.29) is 6.42 Å². The number of carbonyl (C=O) groups is 1. The summed E-state index contributed by atoms with van der Waals surface area (Å²) >= 11 is 3.44. The zero-order chi connectivity index (χ0) is 12.4. The second-order valence-electron chi connectivity index (χ2n) is 3.75. The van der Waals surface area contributed by atoms with Crippen molar-refractivity contribution in [1.82, 2.24) is 4.98 Å². The Labute approximate surface area is 107 Å². The molecule has 3 N–H and O–H groups in total. The fourth-order valence-corrected chi connectivity index (χ4v) is 2.14. The molecular formula is C12H11BrN2O2. The summed E-state index contributed by atoms with van der Waals surface area (Å²) in [4.78, 5) is 15.0. The number of carboxylic acid groups (broad SMARTS) is 1. The number of rotatable bonds is 3. The molecular weight excluding hydrogens is 284 g/mol. The van der Waals surface area contributed by atoms with Gasteiger partial charge in [0.1, 0.15) is 6.04 Å². The SMILES string of the molecule is N[C@H](Cc1ccc(Br)c2cccnc12)C(=O)O. The fourth-order valence-electron chi connectivity index (χ4n) is 1.69. The van der Waals surface area contributed by atoms with Crippen molar-refractivity contribution in [3.05, 3.63) is 40.5 Å². The van der Waals surface area contributed by atoms with Gasteiger partial charge < -0.3 is 10.8 Å². The summed E-state index contributed by atoms with van der Waals surface area (Å²) in [6, 6.07) is 6.60. The van der Waals surface area contributed by atoms with E-state index in [1.165, 1.54) is 0 Å². The summed E-state index contributed by atoms with van der Waals surface area (Å²) in [7, 11) is 0. The summed E-state index contributed by atoms with van der Waals surface area (Å²) in [6.07, 6.45) is 1.96. The first-order chi connectivity index (χ1) is 8.09. The van der Waals surface area contributed by atoms with E-state index >= 15 is 0 Å². The number of nitrogens with zero attached hydrogens (tertiary/aromatic N) is 1. The van der Waals surface area contributed by atoms with Gasteiger partial charge in [-0.1, -0.05) is 28.1 Å². The number of halogens is 1. The Balaban J connectivity index is 2.48. The van der Waals surface area contributed by atoms with Gasteiger partial charge in [-0.3, -0.25) is 9.78 Å². The van der Waals surface area contributed by atoms with E-state index in [2.05, 4.69) is 20.9 Å². The average Bonchev–Trinajstić information content (AvgIpc) is 2.33. The molecule has 4 nitrogen and oxygen atoms in total. The molecule has 0 saturated heterocycles. The molecule has 0 radical (unpaired) electrons. The first-order valence-corrected chi connectivity index (χ1v) is 5.89. The monoisotopic (exact) mass is 294 g/mol. The first-order valence-electron chi connectivity index (χ1n) is 5.10. The van der Waals surface area contributed by atoms with Crippen LogP contribution in [0.2, 0.25) is 0 Å². The Morgan fingerprint density at radius 2 is 2.24 bits per heavy atom. The van der Waals surface area contributed by atoms with E-state index in [0.29, 0.717) is 0 Å². The van der Waals surface area contributed by atoms with Crippen LogP contribution in [-0.2, 0) is 11.2 Å². The quantitative estimate of drug-likeness (QED) is 0.907. The summed E-state index contributed by atoms with van der Waals surface area (Å²) in [5.41, 5.74) is 7.17. The molecule has 0 aliphatic rings. The van der Waals surface area contributed by atoms with Crippen LogP contribution in [-0.4, -0.2) is 22.1 Å². The van der Waals surface area contributed by atoms with Crippen LogP contribution < -0.4 is 5.73 Å². The van der Waals surface area contributed by atoms with Gasteiger partial charge in [-0.25, -0.2) is 0 Å². The summed E-state index contributed by atoms with van der Waals surface area (Å²) < 4.78 is 0.938. The maximum absolute atomic E-state index is 10.8. The van der Waals surface area contributed by atoms with Crippen molar-refractivity contribution < 1.29 is 9.90 Å². The highest BCUT2D eigenvalue weighted by atomic mass is 79.9. The van der Waals surface area contributed by atoms with Crippen LogP contribution in [0.15, 0.2) is 34.9 Å². The van der Waals surface area contributed by atoms with E-state index in [9.17, 15) is 4.79 Å². The van der Waals surface area contributed by atoms with E-state index in [1.807, 2.05) is 24.3 Å². The van der Waals surface area contributed by atoms with Crippen LogP contribution in [0.25, 0.3) is 10.9 Å². The molecule has 1 aromatic heterocycles. The van der Waals surface area contributed by atoms with Gasteiger partial charge >= 0.3 is 5.97 Å². The Morgan fingerprint density at radius 3 is 2.94 bits per heavy atom. The zero-order valence-electron chi connectivity index (χ0n) is 8.93. The van der Waals surface area contributed by atoms with Crippen LogP contribution in [0.1, 0.15) is 5.56 Å². The Morgan fingerprint density at radius 1 is 1.47 bits per heavy atom. The average molecular weight is 295 g/mol. The number of hydrogen-bond donors (Lipinski definition) is 2. The maximum Gasteiger partial charge on any atom is 0.320 e. The fraction of sp³-hybridized carbons (Fsp3) is 0.167. The Bertz CT molecular complexity index is 571. The number of aromatic nitrogens is 1. The van der Waals surface area contributed by atoms with Gasteiger partial charge in [0.05, 0.1) is 5.52 Å². The van der Waals surface area contributed by atoms with E-state index in [4.69, 9.17) is 10.8 Å². The van der Waals surface area contributed by atoms with Crippen LogP contribution in [0.5, 0.6) is 0 Å². The molecule has 17 heavy (non-hydrogen) atoms. The minimum atomic E-state index is -1.00. The molecule has 1 atom stereocenters. The highest BCUT2D eigenvalue weighted by molar-refractivity contribution is 9.10. The number of pyridine rings is 1. The van der Waals surface area contributed by atoms with Crippen molar-refractivity contribution >= 4 is 32.8 Å². The van der Waals surface area contributed by atoms with Crippen LogP contribution in [0.4, 0.5) is 0 Å². The third-order valence-corrected chi connectivity index (χ3v) is 3.25. The van der Waals surface area contributed by atoms with Crippen molar-refractivity contribution in [2.24, 2.45) is 5.73 Å².